The van der Waals surface area contributed by atoms with Gasteiger partial charge in [-0.15, -0.1) is 0 Å². The molecule has 0 bridgehead atoms. The molecule has 0 amide bonds. The molecule has 4 aromatic heterocycles. The zero-order valence-electron chi connectivity index (χ0n) is 18.4. The van der Waals surface area contributed by atoms with Crippen LogP contribution in [-0.4, -0.2) is 45.5 Å². The van der Waals surface area contributed by atoms with E-state index >= 15 is 0 Å². The van der Waals surface area contributed by atoms with E-state index in [9.17, 15) is 4.79 Å². The van der Waals surface area contributed by atoms with E-state index in [0.29, 0.717) is 64.4 Å². The SMILES string of the molecule is CC[C@H]1C[C@@H](n2c(=O)nc(/C(C=N)=C/NC)c3oc4ccc(-c5cnco5)nc4c32)CCO1. The molecule has 4 aromatic rings. The number of hydrogen-bond acceptors (Lipinski definition) is 9. The molecular formula is C23H24N6O4. The van der Waals surface area contributed by atoms with Crippen LogP contribution in [0.15, 0.2) is 44.6 Å². The van der Waals surface area contributed by atoms with Gasteiger partial charge in [-0.3, -0.25) is 4.57 Å². The van der Waals surface area contributed by atoms with Crippen molar-refractivity contribution in [1.82, 2.24) is 24.8 Å². The highest BCUT2D eigenvalue weighted by Gasteiger charge is 2.29. The highest BCUT2D eigenvalue weighted by molar-refractivity contribution is 6.14. The Morgan fingerprint density at radius 1 is 1.36 bits per heavy atom. The quantitative estimate of drug-likeness (QED) is 0.428. The van der Waals surface area contributed by atoms with Crippen molar-refractivity contribution in [2.75, 3.05) is 13.7 Å². The van der Waals surface area contributed by atoms with Crippen LogP contribution < -0.4 is 11.0 Å². The number of ether oxygens (including phenoxy) is 1. The van der Waals surface area contributed by atoms with Crippen LogP contribution >= 0.6 is 0 Å². The predicted octanol–water partition coefficient (Wildman–Crippen LogP) is 3.53. The molecule has 0 radical (unpaired) electrons. The van der Waals surface area contributed by atoms with Gasteiger partial charge in [-0.2, -0.15) is 4.98 Å². The zero-order chi connectivity index (χ0) is 22.9. The summed E-state index contributed by atoms with van der Waals surface area (Å²) in [5.41, 5.74) is 2.93. The Bertz CT molecular complexity index is 1400. The van der Waals surface area contributed by atoms with Crippen molar-refractivity contribution in [1.29, 1.82) is 5.41 Å². The van der Waals surface area contributed by atoms with Crippen LogP contribution in [0.5, 0.6) is 0 Å². The van der Waals surface area contributed by atoms with Crippen LogP contribution in [0.3, 0.4) is 0 Å². The largest absolute Gasteiger partial charge is 0.450 e. The summed E-state index contributed by atoms with van der Waals surface area (Å²) >= 11 is 0. The third kappa shape index (κ3) is 3.62. The fourth-order valence-electron chi connectivity index (χ4n) is 4.37. The summed E-state index contributed by atoms with van der Waals surface area (Å²) in [7, 11) is 1.72. The third-order valence-electron chi connectivity index (χ3n) is 5.95. The fourth-order valence-corrected chi connectivity index (χ4v) is 4.37. The fraction of sp³-hybridized carbons (Fsp3) is 0.348. The van der Waals surface area contributed by atoms with Crippen LogP contribution in [0.2, 0.25) is 0 Å². The monoisotopic (exact) mass is 448 g/mol. The average Bonchev–Trinajstić information content (AvgIpc) is 3.50. The van der Waals surface area contributed by atoms with Gasteiger partial charge in [-0.25, -0.2) is 14.8 Å². The molecule has 5 rings (SSSR count). The standard InChI is InChI=1S/C23H24N6O4/c1-3-15-8-14(6-7-31-15)29-21-20-17(5-4-16(27-20)18-11-26-12-32-18)33-22(21)19(28-23(29)30)13(9-24)10-25-2/h4-5,9-12,14-15,24-25H,3,6-8H2,1-2H3/b13-10+,24-9?/t14-,15-/m0/s1. The first-order valence-corrected chi connectivity index (χ1v) is 10.9. The topological polar surface area (TPSA) is 132 Å². The number of allylic oxidation sites excluding steroid dienone is 1. The lowest BCUT2D eigenvalue weighted by Crippen LogP contribution is -2.34. The number of hydrogen-bond donors (Lipinski definition) is 2. The lowest BCUT2D eigenvalue weighted by atomic mass is 10.0. The first-order valence-electron chi connectivity index (χ1n) is 10.9. The van der Waals surface area contributed by atoms with Gasteiger partial charge in [0.2, 0.25) is 0 Å². The normalized spacial score (nSPS) is 19.3. The minimum absolute atomic E-state index is 0.0718. The van der Waals surface area contributed by atoms with Gasteiger partial charge in [0, 0.05) is 37.7 Å². The van der Waals surface area contributed by atoms with E-state index in [1.54, 1.807) is 36.1 Å². The number of aromatic nitrogens is 4. The van der Waals surface area contributed by atoms with Crippen molar-refractivity contribution in [2.24, 2.45) is 0 Å². The highest BCUT2D eigenvalue weighted by Crippen LogP contribution is 2.35. The van der Waals surface area contributed by atoms with E-state index in [2.05, 4.69) is 22.2 Å². The average molecular weight is 448 g/mol. The second kappa shape index (κ2) is 8.62. The van der Waals surface area contributed by atoms with Crippen molar-refractivity contribution in [3.05, 3.63) is 47.1 Å². The number of oxazole rings is 1. The van der Waals surface area contributed by atoms with Crippen molar-refractivity contribution < 1.29 is 13.6 Å². The Hall–Kier alpha value is -3.79. The minimum atomic E-state index is -0.405. The molecule has 0 saturated carbocycles. The first-order chi connectivity index (χ1) is 16.1. The maximum atomic E-state index is 13.4. The number of furan rings is 1. The highest BCUT2D eigenvalue weighted by atomic mass is 16.5. The zero-order valence-corrected chi connectivity index (χ0v) is 18.4. The molecule has 170 valence electrons. The second-order valence-corrected chi connectivity index (χ2v) is 7.91. The van der Waals surface area contributed by atoms with Gasteiger partial charge < -0.3 is 24.3 Å². The van der Waals surface area contributed by atoms with Crippen LogP contribution in [0.4, 0.5) is 0 Å². The van der Waals surface area contributed by atoms with Gasteiger partial charge in [0.1, 0.15) is 22.4 Å². The number of nitrogens with one attached hydrogen (secondary N) is 2. The molecule has 0 aliphatic carbocycles. The molecule has 0 spiro atoms. The number of nitrogens with zero attached hydrogens (tertiary/aromatic N) is 4. The van der Waals surface area contributed by atoms with Crippen LogP contribution in [0.1, 0.15) is 37.9 Å². The molecule has 0 aromatic carbocycles. The molecule has 5 heterocycles. The van der Waals surface area contributed by atoms with Crippen LogP contribution in [0.25, 0.3) is 39.2 Å². The maximum Gasteiger partial charge on any atom is 0.349 e. The molecule has 0 unspecified atom stereocenters. The molecule has 1 aliphatic heterocycles. The summed E-state index contributed by atoms with van der Waals surface area (Å²) in [5, 5.41) is 10.7. The molecule has 1 saturated heterocycles. The molecule has 2 N–H and O–H groups in total. The summed E-state index contributed by atoms with van der Waals surface area (Å²) in [6.07, 6.45) is 8.01. The molecule has 10 heteroatoms. The Morgan fingerprint density at radius 2 is 2.24 bits per heavy atom. The Kier molecular flexibility index (Phi) is 5.51. The molecule has 1 fully saturated rings. The van der Waals surface area contributed by atoms with E-state index in [1.165, 1.54) is 6.39 Å². The second-order valence-electron chi connectivity index (χ2n) is 7.91. The van der Waals surface area contributed by atoms with E-state index < -0.39 is 5.69 Å². The maximum absolute atomic E-state index is 13.4. The third-order valence-corrected chi connectivity index (χ3v) is 5.95. The summed E-state index contributed by atoms with van der Waals surface area (Å²) in [5.74, 6) is 0.516. The van der Waals surface area contributed by atoms with Gasteiger partial charge in [0.15, 0.2) is 23.3 Å². The van der Waals surface area contributed by atoms with Crippen molar-refractivity contribution in [2.45, 2.75) is 38.3 Å². The van der Waals surface area contributed by atoms with E-state index in [1.807, 2.05) is 0 Å². The lowest BCUT2D eigenvalue weighted by molar-refractivity contribution is -0.00711. The summed E-state index contributed by atoms with van der Waals surface area (Å²) in [4.78, 5) is 26.5. The number of fused-ring (bicyclic) bond motifs is 3. The van der Waals surface area contributed by atoms with Gasteiger partial charge in [0.25, 0.3) is 0 Å². The molecular weight excluding hydrogens is 424 g/mol. The lowest BCUT2D eigenvalue weighted by Gasteiger charge is -2.30. The number of rotatable bonds is 6. The molecule has 33 heavy (non-hydrogen) atoms. The van der Waals surface area contributed by atoms with Crippen molar-refractivity contribution in [3.8, 4) is 11.5 Å². The van der Waals surface area contributed by atoms with E-state index in [-0.39, 0.29) is 12.1 Å². The predicted molar refractivity (Wildman–Crippen MR) is 123 cm³/mol. The van der Waals surface area contributed by atoms with E-state index in [4.69, 9.17) is 24.0 Å². The molecule has 2 atom stereocenters. The van der Waals surface area contributed by atoms with Crippen LogP contribution in [-0.2, 0) is 4.74 Å². The van der Waals surface area contributed by atoms with Crippen molar-refractivity contribution >= 4 is 34.0 Å². The Balaban J connectivity index is 1.83. The Morgan fingerprint density at radius 3 is 2.97 bits per heavy atom. The van der Waals surface area contributed by atoms with Crippen molar-refractivity contribution in [3.63, 3.8) is 0 Å². The molecule has 1 aliphatic rings. The van der Waals surface area contributed by atoms with E-state index in [0.717, 1.165) is 12.6 Å². The summed E-state index contributed by atoms with van der Waals surface area (Å²) in [6.45, 7) is 2.64. The first kappa shape index (κ1) is 21.1. The number of pyridine rings is 1. The smallest absolute Gasteiger partial charge is 0.349 e. The van der Waals surface area contributed by atoms with Crippen LogP contribution in [0, 0.1) is 5.41 Å². The van der Waals surface area contributed by atoms with Gasteiger partial charge in [-0.1, -0.05) is 6.92 Å². The Labute approximate surface area is 188 Å². The summed E-state index contributed by atoms with van der Waals surface area (Å²) in [6, 6.07) is 3.47. The molecule has 10 nitrogen and oxygen atoms in total. The van der Waals surface area contributed by atoms with Gasteiger partial charge in [0.05, 0.1) is 12.3 Å². The summed E-state index contributed by atoms with van der Waals surface area (Å²) < 4.78 is 19.1. The van der Waals surface area contributed by atoms with Gasteiger partial charge in [-0.05, 0) is 31.4 Å². The van der Waals surface area contributed by atoms with Gasteiger partial charge >= 0.3 is 5.69 Å². The minimum Gasteiger partial charge on any atom is -0.450 e.